The second kappa shape index (κ2) is 12.5. The van der Waals surface area contributed by atoms with Gasteiger partial charge < -0.3 is 10.6 Å². The third kappa shape index (κ3) is 8.06. The summed E-state index contributed by atoms with van der Waals surface area (Å²) in [5.41, 5.74) is 8.51. The van der Waals surface area contributed by atoms with E-state index in [0.717, 1.165) is 28.0 Å². The van der Waals surface area contributed by atoms with E-state index < -0.39 is 0 Å². The van der Waals surface area contributed by atoms with Crippen LogP contribution >= 0.6 is 0 Å². The molecular weight excluding hydrogens is 382 g/mol. The zero-order valence-corrected chi connectivity index (χ0v) is 17.8. The summed E-state index contributed by atoms with van der Waals surface area (Å²) in [6, 6.07) is 9.77. The van der Waals surface area contributed by atoms with Gasteiger partial charge in [0.15, 0.2) is 5.78 Å². The highest BCUT2D eigenvalue weighted by Gasteiger charge is 2.05. The Bertz CT molecular complexity index is 1070. The summed E-state index contributed by atoms with van der Waals surface area (Å²) >= 11 is 0. The minimum absolute atomic E-state index is 0.0418. The smallest absolute Gasteiger partial charge is 0.180 e. The molecule has 4 nitrogen and oxygen atoms in total. The van der Waals surface area contributed by atoms with Gasteiger partial charge in [-0.3, -0.25) is 4.79 Å². The van der Waals surface area contributed by atoms with Gasteiger partial charge in [-0.2, -0.15) is 5.26 Å². The Balaban J connectivity index is 1.99. The summed E-state index contributed by atoms with van der Waals surface area (Å²) < 4.78 is 0. The highest BCUT2D eigenvalue weighted by molar-refractivity contribution is 6.00. The van der Waals surface area contributed by atoms with Crippen molar-refractivity contribution >= 4 is 5.78 Å². The van der Waals surface area contributed by atoms with Crippen molar-refractivity contribution in [1.82, 2.24) is 10.6 Å². The normalized spacial score (nSPS) is 13.8. The molecule has 0 radical (unpaired) electrons. The van der Waals surface area contributed by atoms with Gasteiger partial charge in [0.1, 0.15) is 0 Å². The van der Waals surface area contributed by atoms with Crippen LogP contribution in [0.2, 0.25) is 0 Å². The van der Waals surface area contributed by atoms with Crippen molar-refractivity contribution in [2.45, 2.75) is 19.8 Å². The van der Waals surface area contributed by atoms with Crippen molar-refractivity contribution in [1.29, 1.82) is 5.26 Å². The number of hydrogen-bond acceptors (Lipinski definition) is 4. The monoisotopic (exact) mass is 409 g/mol. The highest BCUT2D eigenvalue weighted by atomic mass is 16.1. The Morgan fingerprint density at radius 2 is 2.19 bits per heavy atom. The number of ketones is 1. The van der Waals surface area contributed by atoms with Crippen LogP contribution in [0.4, 0.5) is 0 Å². The fourth-order valence-electron chi connectivity index (χ4n) is 2.99. The van der Waals surface area contributed by atoms with Crippen LogP contribution in [0.3, 0.4) is 0 Å². The van der Waals surface area contributed by atoms with Gasteiger partial charge in [-0.05, 0) is 53.8 Å². The van der Waals surface area contributed by atoms with Crippen LogP contribution in [0.15, 0.2) is 114 Å². The molecule has 1 aliphatic heterocycles. The number of benzene rings is 1. The molecule has 2 rings (SSSR count). The fourth-order valence-corrected chi connectivity index (χ4v) is 2.99. The molecular formula is C27H27N3O. The second-order valence-corrected chi connectivity index (χ2v) is 6.98. The molecule has 0 saturated heterocycles. The molecule has 0 fully saturated rings. The maximum atomic E-state index is 11.7. The van der Waals surface area contributed by atoms with Crippen molar-refractivity contribution in [2.75, 3.05) is 6.54 Å². The second-order valence-electron chi connectivity index (χ2n) is 6.98. The van der Waals surface area contributed by atoms with E-state index in [4.69, 9.17) is 5.26 Å². The average molecular weight is 410 g/mol. The van der Waals surface area contributed by atoms with Crippen molar-refractivity contribution in [2.24, 2.45) is 0 Å². The van der Waals surface area contributed by atoms with Gasteiger partial charge in [-0.15, -0.1) is 5.73 Å². The van der Waals surface area contributed by atoms with Gasteiger partial charge in [-0.1, -0.05) is 49.6 Å². The van der Waals surface area contributed by atoms with Crippen molar-refractivity contribution < 1.29 is 4.79 Å². The van der Waals surface area contributed by atoms with E-state index in [1.54, 1.807) is 24.4 Å². The van der Waals surface area contributed by atoms with Crippen LogP contribution in [-0.2, 0) is 11.2 Å². The Labute approximate surface area is 184 Å². The zero-order chi connectivity index (χ0) is 22.5. The van der Waals surface area contributed by atoms with Crippen molar-refractivity contribution in [3.8, 4) is 6.07 Å². The first kappa shape index (κ1) is 23.2. The summed E-state index contributed by atoms with van der Waals surface area (Å²) in [6.07, 6.45) is 15.8. The molecule has 1 heterocycles. The minimum Gasteiger partial charge on any atom is -0.378 e. The molecule has 1 aromatic carbocycles. The molecule has 31 heavy (non-hydrogen) atoms. The summed E-state index contributed by atoms with van der Waals surface area (Å²) in [5.74, 6) is -0.0418. The molecule has 0 spiro atoms. The molecule has 1 aromatic rings. The number of nitrogens with zero attached hydrogens (tertiary/aromatic N) is 1. The van der Waals surface area contributed by atoms with Gasteiger partial charge in [0, 0.05) is 31.4 Å². The molecule has 0 aliphatic carbocycles. The Hall–Kier alpha value is -4.06. The summed E-state index contributed by atoms with van der Waals surface area (Å²) in [4.78, 5) is 11.7. The van der Waals surface area contributed by atoms with Crippen LogP contribution in [0.25, 0.3) is 0 Å². The molecule has 1 aliphatic rings. The quantitative estimate of drug-likeness (QED) is 0.448. The number of allylic oxidation sites excluding steroid dienone is 7. The van der Waals surface area contributed by atoms with Crippen LogP contribution < -0.4 is 10.6 Å². The molecule has 156 valence electrons. The molecule has 4 heteroatoms. The Morgan fingerprint density at radius 1 is 1.35 bits per heavy atom. The van der Waals surface area contributed by atoms with Gasteiger partial charge >= 0.3 is 0 Å². The summed E-state index contributed by atoms with van der Waals surface area (Å²) in [5, 5.41) is 15.4. The molecule has 0 aromatic heterocycles. The van der Waals surface area contributed by atoms with E-state index >= 15 is 0 Å². The molecule has 2 N–H and O–H groups in total. The van der Waals surface area contributed by atoms with Crippen LogP contribution in [0, 0.1) is 11.3 Å². The number of nitrogens with one attached hydrogen (secondary N) is 2. The minimum atomic E-state index is -0.0418. The fraction of sp³-hybridized carbons (Fsp3) is 0.148. The Morgan fingerprint density at radius 3 is 2.94 bits per heavy atom. The predicted molar refractivity (Wildman–Crippen MR) is 127 cm³/mol. The van der Waals surface area contributed by atoms with Gasteiger partial charge in [-0.25, -0.2) is 0 Å². The van der Waals surface area contributed by atoms with E-state index in [0.29, 0.717) is 24.9 Å². The SMILES string of the molecule is C=C=C(C/C=C\C(=C/C=C)Cc1cccc(C#N)c1)NCC1=CNC=CC(=O)C=C1C. The maximum Gasteiger partial charge on any atom is 0.180 e. The van der Waals surface area contributed by atoms with Crippen LogP contribution in [0.1, 0.15) is 24.5 Å². The lowest BCUT2D eigenvalue weighted by Gasteiger charge is -2.13. The van der Waals surface area contributed by atoms with Gasteiger partial charge in [0.05, 0.1) is 17.3 Å². The Kier molecular flexibility index (Phi) is 9.36. The molecule has 0 saturated carbocycles. The van der Waals surface area contributed by atoms with E-state index in [1.807, 2.05) is 49.6 Å². The van der Waals surface area contributed by atoms with Crippen molar-refractivity contribution in [3.63, 3.8) is 0 Å². The lowest BCUT2D eigenvalue weighted by molar-refractivity contribution is -0.110. The molecule has 0 bridgehead atoms. The number of carbonyl (C=O) groups is 1. The maximum absolute atomic E-state index is 11.7. The number of rotatable bonds is 9. The first-order valence-electron chi connectivity index (χ1n) is 10.00. The topological polar surface area (TPSA) is 64.9 Å². The van der Waals surface area contributed by atoms with Crippen molar-refractivity contribution in [3.05, 3.63) is 126 Å². The van der Waals surface area contributed by atoms with E-state index in [9.17, 15) is 4.79 Å². The highest BCUT2D eigenvalue weighted by Crippen LogP contribution is 2.14. The zero-order valence-electron chi connectivity index (χ0n) is 17.8. The molecule has 0 atom stereocenters. The third-order valence-corrected chi connectivity index (χ3v) is 4.62. The predicted octanol–water partition coefficient (Wildman–Crippen LogP) is 4.93. The van der Waals surface area contributed by atoms with E-state index in [1.165, 1.54) is 6.08 Å². The summed E-state index contributed by atoms with van der Waals surface area (Å²) in [7, 11) is 0. The first-order valence-corrected chi connectivity index (χ1v) is 10.00. The van der Waals surface area contributed by atoms with Gasteiger partial charge in [0.25, 0.3) is 0 Å². The third-order valence-electron chi connectivity index (χ3n) is 4.62. The molecule has 0 amide bonds. The van der Waals surface area contributed by atoms with E-state index in [-0.39, 0.29) is 5.78 Å². The van der Waals surface area contributed by atoms with Crippen LogP contribution in [-0.4, -0.2) is 12.3 Å². The lowest BCUT2D eigenvalue weighted by Crippen LogP contribution is -2.18. The molecule has 0 unspecified atom stereocenters. The number of nitriles is 1. The lowest BCUT2D eigenvalue weighted by atomic mass is 10.0. The first-order chi connectivity index (χ1) is 15.0. The average Bonchev–Trinajstić information content (AvgIpc) is 2.76. The van der Waals surface area contributed by atoms with Gasteiger partial charge in [0.2, 0.25) is 0 Å². The number of carbonyl (C=O) groups excluding carboxylic acids is 1. The van der Waals surface area contributed by atoms with E-state index in [2.05, 4.69) is 35.6 Å². The largest absolute Gasteiger partial charge is 0.378 e. The number of hydrogen-bond donors (Lipinski definition) is 2. The summed E-state index contributed by atoms with van der Waals surface area (Å²) in [6.45, 7) is 10.0. The van der Waals surface area contributed by atoms with Crippen LogP contribution in [0.5, 0.6) is 0 Å². The standard InChI is InChI=1S/C27H27N3O/c1-4-8-22(16-23-10-6-11-24(17-23)18-28)9-7-12-26(5-2)30-20-25-19-29-14-13-27(31)15-21(25)3/h4,6-11,13-15,17,19,29-30H,1-2,12,16,20H2,3H3/b9-7-,14-13?,21-15?,22-8+,25-19?.